The Bertz CT molecular complexity index is 572. The van der Waals surface area contributed by atoms with Gasteiger partial charge in [0.25, 0.3) is 0 Å². The first-order valence-corrected chi connectivity index (χ1v) is 6.80. The summed E-state index contributed by atoms with van der Waals surface area (Å²) < 4.78 is 0. The Morgan fingerprint density at radius 1 is 1.05 bits per heavy atom. The Morgan fingerprint density at radius 2 is 1.75 bits per heavy atom. The van der Waals surface area contributed by atoms with Crippen LogP contribution in [-0.2, 0) is 0 Å². The zero-order chi connectivity index (χ0) is 14.2. The van der Waals surface area contributed by atoms with E-state index in [-0.39, 0.29) is 0 Å². The maximum atomic E-state index is 9.01. The molecule has 0 heterocycles. The second kappa shape index (κ2) is 7.20. The molecule has 0 aliphatic rings. The van der Waals surface area contributed by atoms with Gasteiger partial charge in [-0.2, -0.15) is 5.26 Å². The third kappa shape index (κ3) is 3.76. The van der Waals surface area contributed by atoms with Crippen LogP contribution in [0.4, 0.5) is 11.4 Å². The standard InChI is InChI=1S/C17H19N3/c1-20(16-9-3-2-4-10-16)13-7-12-19-17-11-6-5-8-15(17)14-18/h2-6,8-11,19H,7,12-13H2,1H3. The summed E-state index contributed by atoms with van der Waals surface area (Å²) in [6, 6.07) is 20.1. The Morgan fingerprint density at radius 3 is 2.50 bits per heavy atom. The van der Waals surface area contributed by atoms with Gasteiger partial charge in [-0.15, -0.1) is 0 Å². The topological polar surface area (TPSA) is 39.1 Å². The summed E-state index contributed by atoms with van der Waals surface area (Å²) in [6.07, 6.45) is 1.02. The van der Waals surface area contributed by atoms with Crippen molar-refractivity contribution in [2.45, 2.75) is 6.42 Å². The van der Waals surface area contributed by atoms with Crippen LogP contribution < -0.4 is 10.2 Å². The first kappa shape index (κ1) is 14.0. The molecule has 2 rings (SSSR count). The lowest BCUT2D eigenvalue weighted by atomic mass is 10.2. The summed E-state index contributed by atoms with van der Waals surface area (Å²) in [7, 11) is 2.10. The molecule has 3 nitrogen and oxygen atoms in total. The highest BCUT2D eigenvalue weighted by atomic mass is 15.1. The van der Waals surface area contributed by atoms with Gasteiger partial charge < -0.3 is 10.2 Å². The fourth-order valence-electron chi connectivity index (χ4n) is 2.09. The van der Waals surface area contributed by atoms with Crippen molar-refractivity contribution in [1.29, 1.82) is 5.26 Å². The molecule has 0 unspecified atom stereocenters. The number of hydrogen-bond acceptors (Lipinski definition) is 3. The molecular weight excluding hydrogens is 246 g/mol. The molecule has 0 aliphatic heterocycles. The van der Waals surface area contributed by atoms with Crippen LogP contribution in [0.5, 0.6) is 0 Å². The summed E-state index contributed by atoms with van der Waals surface area (Å²) in [5.41, 5.74) is 2.84. The van der Waals surface area contributed by atoms with Gasteiger partial charge in [0.05, 0.1) is 11.3 Å². The van der Waals surface area contributed by atoms with Gasteiger partial charge in [-0.1, -0.05) is 30.3 Å². The van der Waals surface area contributed by atoms with E-state index in [0.29, 0.717) is 5.56 Å². The lowest BCUT2D eigenvalue weighted by molar-refractivity contribution is 0.816. The van der Waals surface area contributed by atoms with E-state index in [1.807, 2.05) is 42.5 Å². The third-order valence-electron chi connectivity index (χ3n) is 3.23. The van der Waals surface area contributed by atoms with E-state index in [1.165, 1.54) is 5.69 Å². The lowest BCUT2D eigenvalue weighted by Gasteiger charge is -2.19. The maximum Gasteiger partial charge on any atom is 0.101 e. The Kier molecular flexibility index (Phi) is 5.02. The monoisotopic (exact) mass is 265 g/mol. The number of benzene rings is 2. The van der Waals surface area contributed by atoms with Crippen LogP contribution in [0.3, 0.4) is 0 Å². The van der Waals surface area contributed by atoms with E-state index >= 15 is 0 Å². The number of rotatable bonds is 6. The number of nitriles is 1. The molecule has 0 atom stereocenters. The van der Waals surface area contributed by atoms with Crippen molar-refractivity contribution < 1.29 is 0 Å². The van der Waals surface area contributed by atoms with Crippen molar-refractivity contribution in [2.75, 3.05) is 30.4 Å². The van der Waals surface area contributed by atoms with Gasteiger partial charge in [-0.3, -0.25) is 0 Å². The molecule has 0 radical (unpaired) electrons. The minimum absolute atomic E-state index is 0.698. The van der Waals surface area contributed by atoms with E-state index in [4.69, 9.17) is 5.26 Å². The molecule has 0 amide bonds. The molecule has 102 valence electrons. The molecule has 3 heteroatoms. The normalized spacial score (nSPS) is 9.80. The number of para-hydroxylation sites is 2. The van der Waals surface area contributed by atoms with E-state index in [2.05, 4.69) is 35.5 Å². The molecule has 2 aromatic carbocycles. The maximum absolute atomic E-state index is 9.01. The summed E-state index contributed by atoms with van der Waals surface area (Å²) >= 11 is 0. The first-order valence-electron chi connectivity index (χ1n) is 6.80. The van der Waals surface area contributed by atoms with E-state index in [1.54, 1.807) is 0 Å². The van der Waals surface area contributed by atoms with Gasteiger partial charge in [0.15, 0.2) is 0 Å². The zero-order valence-electron chi connectivity index (χ0n) is 11.7. The average Bonchev–Trinajstić information content (AvgIpc) is 2.52. The number of hydrogen-bond donors (Lipinski definition) is 1. The molecule has 0 bridgehead atoms. The lowest BCUT2D eigenvalue weighted by Crippen LogP contribution is -2.20. The van der Waals surface area contributed by atoms with Crippen molar-refractivity contribution in [2.24, 2.45) is 0 Å². The summed E-state index contributed by atoms with van der Waals surface area (Å²) in [6.45, 7) is 1.83. The van der Waals surface area contributed by atoms with Crippen LogP contribution in [0.2, 0.25) is 0 Å². The molecule has 0 spiro atoms. The molecule has 0 saturated carbocycles. The fourth-order valence-corrected chi connectivity index (χ4v) is 2.09. The van der Waals surface area contributed by atoms with Crippen LogP contribution >= 0.6 is 0 Å². The molecule has 1 N–H and O–H groups in total. The molecule has 2 aromatic rings. The van der Waals surface area contributed by atoms with Crippen molar-refractivity contribution in [1.82, 2.24) is 0 Å². The molecule has 0 aromatic heterocycles. The van der Waals surface area contributed by atoms with Gasteiger partial charge in [0.2, 0.25) is 0 Å². The minimum atomic E-state index is 0.698. The Balaban J connectivity index is 1.78. The Labute approximate surface area is 120 Å². The number of nitrogens with zero attached hydrogens (tertiary/aromatic N) is 2. The van der Waals surface area contributed by atoms with Gasteiger partial charge in [0, 0.05) is 25.8 Å². The average molecular weight is 265 g/mol. The smallest absolute Gasteiger partial charge is 0.101 e. The Hall–Kier alpha value is -2.47. The minimum Gasteiger partial charge on any atom is -0.384 e. The zero-order valence-corrected chi connectivity index (χ0v) is 11.7. The predicted molar refractivity (Wildman–Crippen MR) is 84.0 cm³/mol. The van der Waals surface area contributed by atoms with Gasteiger partial charge >= 0.3 is 0 Å². The van der Waals surface area contributed by atoms with Crippen molar-refractivity contribution in [3.05, 3.63) is 60.2 Å². The molecule has 20 heavy (non-hydrogen) atoms. The summed E-state index contributed by atoms with van der Waals surface area (Å²) in [5.74, 6) is 0. The molecular formula is C17H19N3. The van der Waals surface area contributed by atoms with Gasteiger partial charge in [-0.25, -0.2) is 0 Å². The highest BCUT2D eigenvalue weighted by Crippen LogP contribution is 2.14. The third-order valence-corrected chi connectivity index (χ3v) is 3.23. The van der Waals surface area contributed by atoms with Crippen molar-refractivity contribution in [3.63, 3.8) is 0 Å². The van der Waals surface area contributed by atoms with Gasteiger partial charge in [0.1, 0.15) is 6.07 Å². The van der Waals surface area contributed by atoms with Crippen LogP contribution in [0.15, 0.2) is 54.6 Å². The van der Waals surface area contributed by atoms with Crippen molar-refractivity contribution >= 4 is 11.4 Å². The quantitative estimate of drug-likeness (QED) is 0.812. The van der Waals surface area contributed by atoms with Crippen LogP contribution in [0, 0.1) is 11.3 Å². The van der Waals surface area contributed by atoms with Gasteiger partial charge in [-0.05, 0) is 30.7 Å². The van der Waals surface area contributed by atoms with Crippen molar-refractivity contribution in [3.8, 4) is 6.07 Å². The predicted octanol–water partition coefficient (Wildman–Crippen LogP) is 3.50. The van der Waals surface area contributed by atoms with Crippen LogP contribution in [0.25, 0.3) is 0 Å². The first-order chi connectivity index (χ1) is 9.81. The molecule has 0 saturated heterocycles. The van der Waals surface area contributed by atoms with E-state index in [9.17, 15) is 0 Å². The summed E-state index contributed by atoms with van der Waals surface area (Å²) in [4.78, 5) is 2.23. The molecule has 0 fully saturated rings. The number of anilines is 2. The van der Waals surface area contributed by atoms with E-state index in [0.717, 1.165) is 25.2 Å². The highest BCUT2D eigenvalue weighted by molar-refractivity contribution is 5.57. The van der Waals surface area contributed by atoms with Crippen LogP contribution in [0.1, 0.15) is 12.0 Å². The largest absolute Gasteiger partial charge is 0.384 e. The second-order valence-corrected chi connectivity index (χ2v) is 4.69. The summed E-state index contributed by atoms with van der Waals surface area (Å²) in [5, 5.41) is 12.3. The number of nitrogens with one attached hydrogen (secondary N) is 1. The fraction of sp³-hybridized carbons (Fsp3) is 0.235. The highest BCUT2D eigenvalue weighted by Gasteiger charge is 2.01. The second-order valence-electron chi connectivity index (χ2n) is 4.69. The molecule has 0 aliphatic carbocycles. The SMILES string of the molecule is CN(CCCNc1ccccc1C#N)c1ccccc1. The van der Waals surface area contributed by atoms with E-state index < -0.39 is 0 Å². The van der Waals surface area contributed by atoms with Crippen LogP contribution in [-0.4, -0.2) is 20.1 Å².